The van der Waals surface area contributed by atoms with E-state index in [9.17, 15) is 22.4 Å². The molecule has 1 N–H and O–H groups in total. The standard InChI is InChI=1S/C33H33ClFN3O4S/c1-2-21-36-33(40)31(22-25-11-5-3-6-12-25)37(23-26-13-9-10-16-30(26)34)32(39)24-38(28-19-17-27(35)18-20-28)43(41,42)29-14-7-4-8-15-29/h3-20,31H,2,21-24H2,1H3,(H,36,40)/t31-/m1/s1. The number of halogens is 2. The van der Waals surface area contributed by atoms with Crippen molar-refractivity contribution >= 4 is 39.1 Å². The summed E-state index contributed by atoms with van der Waals surface area (Å²) in [6.07, 6.45) is 0.879. The van der Waals surface area contributed by atoms with Gasteiger partial charge in [0.25, 0.3) is 10.0 Å². The molecule has 0 unspecified atom stereocenters. The fourth-order valence-electron chi connectivity index (χ4n) is 4.59. The molecular formula is C33H33ClFN3O4S. The number of benzene rings is 4. The molecule has 0 heterocycles. The van der Waals surface area contributed by atoms with Crippen LogP contribution >= 0.6 is 11.6 Å². The molecule has 4 aromatic carbocycles. The number of carbonyl (C=O) groups is 2. The molecule has 0 aromatic heterocycles. The summed E-state index contributed by atoms with van der Waals surface area (Å²) >= 11 is 6.49. The molecule has 43 heavy (non-hydrogen) atoms. The molecule has 0 fully saturated rings. The third-order valence-corrected chi connectivity index (χ3v) is 9.00. The van der Waals surface area contributed by atoms with Crippen LogP contribution in [0.3, 0.4) is 0 Å². The monoisotopic (exact) mass is 621 g/mol. The molecule has 10 heteroatoms. The molecule has 224 valence electrons. The summed E-state index contributed by atoms with van der Waals surface area (Å²) in [6, 6.07) is 27.8. The van der Waals surface area contributed by atoms with E-state index in [4.69, 9.17) is 11.6 Å². The van der Waals surface area contributed by atoms with Crippen LogP contribution in [0.25, 0.3) is 0 Å². The predicted molar refractivity (Wildman–Crippen MR) is 167 cm³/mol. The van der Waals surface area contributed by atoms with Gasteiger partial charge in [-0.2, -0.15) is 0 Å². The van der Waals surface area contributed by atoms with E-state index in [1.807, 2.05) is 37.3 Å². The molecule has 0 saturated heterocycles. The molecule has 4 aromatic rings. The minimum absolute atomic E-state index is 0.0358. The highest BCUT2D eigenvalue weighted by Crippen LogP contribution is 2.26. The predicted octanol–water partition coefficient (Wildman–Crippen LogP) is 5.84. The highest BCUT2D eigenvalue weighted by Gasteiger charge is 2.34. The summed E-state index contributed by atoms with van der Waals surface area (Å²) < 4.78 is 42.6. The Morgan fingerprint density at radius 2 is 1.47 bits per heavy atom. The third-order valence-electron chi connectivity index (χ3n) is 6.84. The molecular weight excluding hydrogens is 589 g/mol. The van der Waals surface area contributed by atoms with Crippen LogP contribution in [0.15, 0.2) is 114 Å². The molecule has 2 amide bonds. The van der Waals surface area contributed by atoms with Crippen LogP contribution in [0.2, 0.25) is 5.02 Å². The second kappa shape index (κ2) is 14.8. The number of nitrogens with zero attached hydrogens (tertiary/aromatic N) is 2. The number of hydrogen-bond acceptors (Lipinski definition) is 4. The van der Waals surface area contributed by atoms with E-state index in [1.165, 1.54) is 29.2 Å². The molecule has 0 spiro atoms. The summed E-state index contributed by atoms with van der Waals surface area (Å²) in [5.74, 6) is -1.55. The van der Waals surface area contributed by atoms with Crippen LogP contribution in [0.5, 0.6) is 0 Å². The van der Waals surface area contributed by atoms with E-state index < -0.39 is 34.3 Å². The SMILES string of the molecule is CCCNC(=O)[C@@H](Cc1ccccc1)N(Cc1ccccc1Cl)C(=O)CN(c1ccc(F)cc1)S(=O)(=O)c1ccccc1. The van der Waals surface area contributed by atoms with Crippen LogP contribution in [0.1, 0.15) is 24.5 Å². The van der Waals surface area contributed by atoms with Gasteiger partial charge in [-0.15, -0.1) is 0 Å². The molecule has 0 saturated carbocycles. The van der Waals surface area contributed by atoms with Crippen LogP contribution in [-0.2, 0) is 32.6 Å². The van der Waals surface area contributed by atoms with Crippen molar-refractivity contribution in [2.75, 3.05) is 17.4 Å². The van der Waals surface area contributed by atoms with Crippen LogP contribution in [0.4, 0.5) is 10.1 Å². The zero-order chi connectivity index (χ0) is 30.8. The number of anilines is 1. The lowest BCUT2D eigenvalue weighted by Gasteiger charge is -2.34. The molecule has 0 aliphatic rings. The van der Waals surface area contributed by atoms with Gasteiger partial charge in [-0.25, -0.2) is 12.8 Å². The first-order valence-electron chi connectivity index (χ1n) is 13.9. The number of carbonyl (C=O) groups excluding carboxylic acids is 2. The van der Waals surface area contributed by atoms with Gasteiger partial charge in [0.05, 0.1) is 10.6 Å². The van der Waals surface area contributed by atoms with Gasteiger partial charge in [0.2, 0.25) is 11.8 Å². The highest BCUT2D eigenvalue weighted by atomic mass is 35.5. The van der Waals surface area contributed by atoms with Gasteiger partial charge in [0.15, 0.2) is 0 Å². The lowest BCUT2D eigenvalue weighted by molar-refractivity contribution is -0.140. The maximum Gasteiger partial charge on any atom is 0.264 e. The van der Waals surface area contributed by atoms with Crippen molar-refractivity contribution in [3.05, 3.63) is 131 Å². The largest absolute Gasteiger partial charge is 0.354 e. The van der Waals surface area contributed by atoms with Crippen molar-refractivity contribution in [3.63, 3.8) is 0 Å². The Morgan fingerprint density at radius 3 is 2.09 bits per heavy atom. The van der Waals surface area contributed by atoms with E-state index in [0.717, 1.165) is 22.0 Å². The third kappa shape index (κ3) is 8.21. The van der Waals surface area contributed by atoms with Crippen LogP contribution < -0.4 is 9.62 Å². The van der Waals surface area contributed by atoms with E-state index in [2.05, 4.69) is 5.32 Å². The Balaban J connectivity index is 1.79. The normalized spacial score (nSPS) is 11.9. The number of sulfonamides is 1. The van der Waals surface area contributed by atoms with Gasteiger partial charge in [0, 0.05) is 24.5 Å². The van der Waals surface area contributed by atoms with Gasteiger partial charge in [-0.1, -0.05) is 85.3 Å². The smallest absolute Gasteiger partial charge is 0.264 e. The Morgan fingerprint density at radius 1 is 0.860 bits per heavy atom. The zero-order valence-corrected chi connectivity index (χ0v) is 25.3. The number of nitrogens with one attached hydrogen (secondary N) is 1. The molecule has 0 radical (unpaired) electrons. The molecule has 0 aliphatic carbocycles. The maximum atomic E-state index is 14.3. The Labute approximate surface area is 257 Å². The topological polar surface area (TPSA) is 86.8 Å². The second-order valence-electron chi connectivity index (χ2n) is 9.91. The summed E-state index contributed by atoms with van der Waals surface area (Å²) in [5, 5.41) is 3.30. The molecule has 1 atom stereocenters. The average Bonchev–Trinajstić information content (AvgIpc) is 3.02. The van der Waals surface area contributed by atoms with E-state index in [1.54, 1.807) is 42.5 Å². The second-order valence-corrected chi connectivity index (χ2v) is 12.2. The average molecular weight is 622 g/mol. The molecule has 7 nitrogen and oxygen atoms in total. The van der Waals surface area contributed by atoms with Crippen molar-refractivity contribution in [3.8, 4) is 0 Å². The van der Waals surface area contributed by atoms with E-state index in [-0.39, 0.29) is 29.5 Å². The lowest BCUT2D eigenvalue weighted by atomic mass is 10.0. The van der Waals surface area contributed by atoms with E-state index in [0.29, 0.717) is 23.6 Å². The van der Waals surface area contributed by atoms with Gasteiger partial charge in [-0.3, -0.25) is 13.9 Å². The quantitative estimate of drug-likeness (QED) is 0.203. The fourth-order valence-corrected chi connectivity index (χ4v) is 6.22. The van der Waals surface area contributed by atoms with Crippen molar-refractivity contribution in [1.82, 2.24) is 10.2 Å². The van der Waals surface area contributed by atoms with Gasteiger partial charge in [0.1, 0.15) is 18.4 Å². The fraction of sp³-hybridized carbons (Fsp3) is 0.212. The number of hydrogen-bond donors (Lipinski definition) is 1. The van der Waals surface area contributed by atoms with Crippen LogP contribution in [-0.4, -0.2) is 44.3 Å². The highest BCUT2D eigenvalue weighted by molar-refractivity contribution is 7.92. The first-order valence-corrected chi connectivity index (χ1v) is 15.7. The summed E-state index contributed by atoms with van der Waals surface area (Å²) in [5.41, 5.74) is 1.52. The molecule has 0 aliphatic heterocycles. The Kier molecular flexibility index (Phi) is 10.9. The zero-order valence-electron chi connectivity index (χ0n) is 23.7. The van der Waals surface area contributed by atoms with E-state index >= 15 is 0 Å². The summed E-state index contributed by atoms with van der Waals surface area (Å²) in [4.78, 5) is 29.3. The van der Waals surface area contributed by atoms with Crippen molar-refractivity contribution in [2.45, 2.75) is 37.2 Å². The number of rotatable bonds is 13. The first-order chi connectivity index (χ1) is 20.7. The minimum atomic E-state index is -4.26. The number of amides is 2. The van der Waals surface area contributed by atoms with Crippen molar-refractivity contribution in [2.24, 2.45) is 0 Å². The maximum absolute atomic E-state index is 14.3. The van der Waals surface area contributed by atoms with Crippen LogP contribution in [0, 0.1) is 5.82 Å². The summed E-state index contributed by atoms with van der Waals surface area (Å²) in [6.45, 7) is 1.65. The molecule has 0 bridgehead atoms. The van der Waals surface area contributed by atoms with Gasteiger partial charge >= 0.3 is 0 Å². The van der Waals surface area contributed by atoms with Crippen molar-refractivity contribution in [1.29, 1.82) is 0 Å². The minimum Gasteiger partial charge on any atom is -0.354 e. The Bertz CT molecular complexity index is 1620. The first kappa shape index (κ1) is 31.7. The van der Waals surface area contributed by atoms with Gasteiger partial charge in [-0.05, 0) is 60.0 Å². The molecule has 4 rings (SSSR count). The van der Waals surface area contributed by atoms with Gasteiger partial charge < -0.3 is 10.2 Å². The summed E-state index contributed by atoms with van der Waals surface area (Å²) in [7, 11) is -4.26. The Hall–Kier alpha value is -4.21. The van der Waals surface area contributed by atoms with Crippen molar-refractivity contribution < 1.29 is 22.4 Å². The lowest BCUT2D eigenvalue weighted by Crippen LogP contribution is -2.53.